The Morgan fingerprint density at radius 1 is 1.35 bits per heavy atom. The molecule has 1 aliphatic rings. The van der Waals surface area contributed by atoms with Crippen LogP contribution >= 0.6 is 0 Å². The van der Waals surface area contributed by atoms with Crippen LogP contribution in [0, 0.1) is 0 Å². The molecule has 1 fully saturated rings. The number of amides is 1. The van der Waals surface area contributed by atoms with E-state index >= 15 is 0 Å². The number of nitrogens with one attached hydrogen (secondary N) is 2. The van der Waals surface area contributed by atoms with Gasteiger partial charge < -0.3 is 10.6 Å². The lowest BCUT2D eigenvalue weighted by Crippen LogP contribution is -2.50. The Morgan fingerprint density at radius 3 is 2.55 bits per heavy atom. The molecule has 1 aliphatic heterocycles. The van der Waals surface area contributed by atoms with E-state index in [1.807, 2.05) is 12.1 Å². The molecule has 2 rings (SSSR count). The van der Waals surface area contributed by atoms with Crippen LogP contribution in [0.1, 0.15) is 57.9 Å². The number of rotatable bonds is 5. The van der Waals surface area contributed by atoms with Crippen LogP contribution in [0.3, 0.4) is 0 Å². The van der Waals surface area contributed by atoms with Crippen molar-refractivity contribution in [1.82, 2.24) is 5.32 Å². The van der Waals surface area contributed by atoms with Crippen molar-refractivity contribution < 1.29 is 4.79 Å². The van der Waals surface area contributed by atoms with Gasteiger partial charge in [0, 0.05) is 5.69 Å². The SMILES string of the molecule is CCC(C)c1ccc(NC(=O)C2(CC)CCCN2)cc1. The van der Waals surface area contributed by atoms with E-state index in [1.165, 1.54) is 5.56 Å². The molecule has 0 aromatic heterocycles. The molecule has 2 atom stereocenters. The summed E-state index contributed by atoms with van der Waals surface area (Å²) in [5, 5.41) is 6.42. The fourth-order valence-electron chi connectivity index (χ4n) is 2.84. The van der Waals surface area contributed by atoms with Crippen LogP contribution in [0.25, 0.3) is 0 Å². The molecule has 3 nitrogen and oxygen atoms in total. The van der Waals surface area contributed by atoms with Gasteiger partial charge in [-0.2, -0.15) is 0 Å². The second-order valence-corrected chi connectivity index (χ2v) is 5.85. The Balaban J connectivity index is 2.04. The van der Waals surface area contributed by atoms with Crippen LogP contribution in [0.4, 0.5) is 5.69 Å². The molecule has 110 valence electrons. The normalized spacial score (nSPS) is 23.6. The maximum Gasteiger partial charge on any atom is 0.244 e. The van der Waals surface area contributed by atoms with Crippen molar-refractivity contribution in [3.63, 3.8) is 0 Å². The van der Waals surface area contributed by atoms with Gasteiger partial charge in [0.2, 0.25) is 5.91 Å². The number of carbonyl (C=O) groups is 1. The van der Waals surface area contributed by atoms with Gasteiger partial charge in [0.25, 0.3) is 0 Å². The summed E-state index contributed by atoms with van der Waals surface area (Å²) >= 11 is 0. The fraction of sp³-hybridized carbons (Fsp3) is 0.588. The first kappa shape index (κ1) is 15.0. The van der Waals surface area contributed by atoms with E-state index in [0.717, 1.165) is 37.9 Å². The first-order valence-electron chi connectivity index (χ1n) is 7.77. The first-order valence-corrected chi connectivity index (χ1v) is 7.77. The third-order valence-corrected chi connectivity index (χ3v) is 4.63. The van der Waals surface area contributed by atoms with Crippen molar-refractivity contribution in [2.45, 2.75) is 57.9 Å². The predicted octanol–water partition coefficient (Wildman–Crippen LogP) is 3.67. The van der Waals surface area contributed by atoms with E-state index in [9.17, 15) is 4.79 Å². The number of benzene rings is 1. The Kier molecular flexibility index (Phi) is 4.81. The molecular formula is C17H26N2O. The summed E-state index contributed by atoms with van der Waals surface area (Å²) in [5.41, 5.74) is 1.85. The third kappa shape index (κ3) is 3.04. The zero-order valence-corrected chi connectivity index (χ0v) is 12.8. The van der Waals surface area contributed by atoms with Crippen molar-refractivity contribution >= 4 is 11.6 Å². The van der Waals surface area contributed by atoms with Gasteiger partial charge >= 0.3 is 0 Å². The molecule has 3 heteroatoms. The Morgan fingerprint density at radius 2 is 2.05 bits per heavy atom. The van der Waals surface area contributed by atoms with E-state index in [1.54, 1.807) is 0 Å². The van der Waals surface area contributed by atoms with E-state index in [-0.39, 0.29) is 11.4 Å². The minimum absolute atomic E-state index is 0.105. The van der Waals surface area contributed by atoms with Gasteiger partial charge in [0.05, 0.1) is 5.54 Å². The summed E-state index contributed by atoms with van der Waals surface area (Å²) in [6, 6.07) is 8.25. The number of anilines is 1. The quantitative estimate of drug-likeness (QED) is 0.860. The van der Waals surface area contributed by atoms with Gasteiger partial charge in [0.1, 0.15) is 0 Å². The predicted molar refractivity (Wildman–Crippen MR) is 84.0 cm³/mol. The van der Waals surface area contributed by atoms with Crippen molar-refractivity contribution in [1.29, 1.82) is 0 Å². The molecule has 0 bridgehead atoms. The number of hydrogen-bond acceptors (Lipinski definition) is 2. The molecule has 1 amide bonds. The molecule has 0 radical (unpaired) electrons. The van der Waals surface area contributed by atoms with Gasteiger partial charge in [-0.25, -0.2) is 0 Å². The van der Waals surface area contributed by atoms with E-state index in [0.29, 0.717) is 5.92 Å². The third-order valence-electron chi connectivity index (χ3n) is 4.63. The fourth-order valence-corrected chi connectivity index (χ4v) is 2.84. The number of carbonyl (C=O) groups excluding carboxylic acids is 1. The Bertz CT molecular complexity index is 447. The summed E-state index contributed by atoms with van der Waals surface area (Å²) in [6.45, 7) is 7.43. The summed E-state index contributed by atoms with van der Waals surface area (Å²) in [6.07, 6.45) is 3.98. The molecular weight excluding hydrogens is 248 g/mol. The molecule has 1 aromatic rings. The van der Waals surface area contributed by atoms with Gasteiger partial charge in [-0.1, -0.05) is 32.9 Å². The minimum Gasteiger partial charge on any atom is -0.324 e. The molecule has 1 saturated heterocycles. The van der Waals surface area contributed by atoms with Crippen molar-refractivity contribution in [3.8, 4) is 0 Å². The Labute approximate surface area is 122 Å². The minimum atomic E-state index is -0.366. The van der Waals surface area contributed by atoms with Crippen molar-refractivity contribution in [3.05, 3.63) is 29.8 Å². The van der Waals surface area contributed by atoms with E-state index in [2.05, 4.69) is 43.5 Å². The highest BCUT2D eigenvalue weighted by Gasteiger charge is 2.38. The standard InChI is InChI=1S/C17H26N2O/c1-4-13(3)14-7-9-15(10-8-14)19-16(20)17(5-2)11-6-12-18-17/h7-10,13,18H,4-6,11-12H2,1-3H3,(H,19,20). The molecule has 0 saturated carbocycles. The summed E-state index contributed by atoms with van der Waals surface area (Å²) in [5.74, 6) is 0.673. The maximum atomic E-state index is 12.5. The Hall–Kier alpha value is -1.35. The van der Waals surface area contributed by atoms with Crippen LogP contribution < -0.4 is 10.6 Å². The van der Waals surface area contributed by atoms with Crippen LogP contribution in [0.15, 0.2) is 24.3 Å². The highest BCUT2D eigenvalue weighted by atomic mass is 16.2. The van der Waals surface area contributed by atoms with Gasteiger partial charge in [-0.05, 0) is 55.8 Å². The highest BCUT2D eigenvalue weighted by Crippen LogP contribution is 2.26. The van der Waals surface area contributed by atoms with Crippen LogP contribution in [0.2, 0.25) is 0 Å². The van der Waals surface area contributed by atoms with Gasteiger partial charge in [-0.3, -0.25) is 4.79 Å². The highest BCUT2D eigenvalue weighted by molar-refractivity contribution is 5.98. The van der Waals surface area contributed by atoms with Gasteiger partial charge in [-0.15, -0.1) is 0 Å². The molecule has 0 aliphatic carbocycles. The molecule has 2 unspecified atom stereocenters. The van der Waals surface area contributed by atoms with Crippen molar-refractivity contribution in [2.24, 2.45) is 0 Å². The topological polar surface area (TPSA) is 41.1 Å². The number of hydrogen-bond donors (Lipinski definition) is 2. The monoisotopic (exact) mass is 274 g/mol. The largest absolute Gasteiger partial charge is 0.324 e. The van der Waals surface area contributed by atoms with Gasteiger partial charge in [0.15, 0.2) is 0 Å². The lowest BCUT2D eigenvalue weighted by molar-refractivity contribution is -0.122. The summed E-state index contributed by atoms with van der Waals surface area (Å²) in [7, 11) is 0. The summed E-state index contributed by atoms with van der Waals surface area (Å²) < 4.78 is 0. The first-order chi connectivity index (χ1) is 9.61. The molecule has 2 N–H and O–H groups in total. The second kappa shape index (κ2) is 6.40. The van der Waals surface area contributed by atoms with Crippen LogP contribution in [-0.4, -0.2) is 18.0 Å². The van der Waals surface area contributed by atoms with Crippen LogP contribution in [0.5, 0.6) is 0 Å². The zero-order valence-electron chi connectivity index (χ0n) is 12.8. The lowest BCUT2D eigenvalue weighted by Gasteiger charge is -2.26. The maximum absolute atomic E-state index is 12.5. The average molecular weight is 274 g/mol. The average Bonchev–Trinajstić information content (AvgIpc) is 2.97. The van der Waals surface area contributed by atoms with E-state index in [4.69, 9.17) is 0 Å². The summed E-state index contributed by atoms with van der Waals surface area (Å²) in [4.78, 5) is 12.5. The lowest BCUT2D eigenvalue weighted by atomic mass is 9.93. The van der Waals surface area contributed by atoms with E-state index < -0.39 is 0 Å². The van der Waals surface area contributed by atoms with Crippen LogP contribution in [-0.2, 0) is 4.79 Å². The molecule has 1 heterocycles. The molecule has 1 aromatic carbocycles. The second-order valence-electron chi connectivity index (χ2n) is 5.85. The molecule has 0 spiro atoms. The zero-order chi connectivity index (χ0) is 14.6. The smallest absolute Gasteiger partial charge is 0.244 e. The van der Waals surface area contributed by atoms with Crippen molar-refractivity contribution in [2.75, 3.05) is 11.9 Å². The molecule has 20 heavy (non-hydrogen) atoms.